The molecule has 1 saturated carbocycles. The summed E-state index contributed by atoms with van der Waals surface area (Å²) in [5, 5.41) is 5.71. The van der Waals surface area contributed by atoms with Gasteiger partial charge in [0.15, 0.2) is 5.65 Å². The Kier molecular flexibility index (Phi) is 6.06. The Morgan fingerprint density at radius 1 is 1.09 bits per heavy atom. The number of benzene rings is 1. The zero-order valence-electron chi connectivity index (χ0n) is 20.8. The monoisotopic (exact) mass is 461 g/mol. The molecule has 1 amide bonds. The lowest BCUT2D eigenvalue weighted by molar-refractivity contribution is 0.0622. The molecule has 1 saturated heterocycles. The SMILES string of the molecule is Cc1nn(C(C)(C)C)c2nc(C3CC3)cc(C(=O)N3CCN(CCOc4ccccc4)CC3)c12. The highest BCUT2D eigenvalue weighted by molar-refractivity contribution is 6.06. The molecule has 1 aliphatic heterocycles. The quantitative estimate of drug-likeness (QED) is 0.550. The van der Waals surface area contributed by atoms with Crippen LogP contribution in [0.2, 0.25) is 0 Å². The van der Waals surface area contributed by atoms with Gasteiger partial charge >= 0.3 is 0 Å². The van der Waals surface area contributed by atoms with Crippen molar-refractivity contribution in [2.24, 2.45) is 0 Å². The highest BCUT2D eigenvalue weighted by Crippen LogP contribution is 2.41. The highest BCUT2D eigenvalue weighted by atomic mass is 16.5. The van der Waals surface area contributed by atoms with Gasteiger partial charge in [-0.3, -0.25) is 9.69 Å². The largest absolute Gasteiger partial charge is 0.492 e. The molecule has 5 rings (SSSR count). The molecule has 0 N–H and O–H groups in total. The van der Waals surface area contributed by atoms with Gasteiger partial charge in [-0.05, 0) is 58.7 Å². The van der Waals surface area contributed by atoms with Gasteiger partial charge in [0.2, 0.25) is 0 Å². The van der Waals surface area contributed by atoms with Crippen LogP contribution < -0.4 is 4.74 Å². The lowest BCUT2D eigenvalue weighted by atomic mass is 10.1. The predicted octanol–water partition coefficient (Wildman–Crippen LogP) is 4.21. The molecule has 7 nitrogen and oxygen atoms in total. The lowest BCUT2D eigenvalue weighted by Gasteiger charge is -2.34. The standard InChI is InChI=1S/C27H35N5O2/c1-19-24-22(18-23(20-10-11-20)28-25(24)32(29-19)27(2,3)4)26(33)31-14-12-30(13-15-31)16-17-34-21-8-6-5-7-9-21/h5-9,18,20H,10-17H2,1-4H3. The van der Waals surface area contributed by atoms with Crippen LogP contribution in [0.1, 0.15) is 61.3 Å². The normalized spacial score (nSPS) is 17.4. The summed E-state index contributed by atoms with van der Waals surface area (Å²) >= 11 is 0. The maximum absolute atomic E-state index is 13.7. The third-order valence-electron chi connectivity index (χ3n) is 6.77. The average molecular weight is 462 g/mol. The van der Waals surface area contributed by atoms with Crippen LogP contribution in [0.15, 0.2) is 36.4 Å². The van der Waals surface area contributed by atoms with Gasteiger partial charge in [-0.25, -0.2) is 9.67 Å². The minimum atomic E-state index is -0.199. The smallest absolute Gasteiger partial charge is 0.254 e. The number of hydrogen-bond donors (Lipinski definition) is 0. The number of amides is 1. The van der Waals surface area contributed by atoms with Crippen molar-refractivity contribution in [3.8, 4) is 5.75 Å². The highest BCUT2D eigenvalue weighted by Gasteiger charge is 2.32. The molecule has 0 bridgehead atoms. The molecule has 3 aromatic rings. The zero-order chi connectivity index (χ0) is 23.9. The van der Waals surface area contributed by atoms with Crippen molar-refractivity contribution >= 4 is 16.9 Å². The number of rotatable bonds is 6. The van der Waals surface area contributed by atoms with E-state index in [0.717, 1.165) is 79.3 Å². The molecular formula is C27H35N5O2. The summed E-state index contributed by atoms with van der Waals surface area (Å²) in [6, 6.07) is 12.0. The lowest BCUT2D eigenvalue weighted by Crippen LogP contribution is -2.49. The number of pyridine rings is 1. The third-order valence-corrected chi connectivity index (χ3v) is 6.77. The Morgan fingerprint density at radius 3 is 2.44 bits per heavy atom. The zero-order valence-corrected chi connectivity index (χ0v) is 20.8. The molecule has 7 heteroatoms. The fourth-order valence-corrected chi connectivity index (χ4v) is 4.69. The summed E-state index contributed by atoms with van der Waals surface area (Å²) in [5.74, 6) is 1.47. The van der Waals surface area contributed by atoms with Crippen molar-refractivity contribution in [2.45, 2.75) is 52.0 Å². The van der Waals surface area contributed by atoms with Gasteiger partial charge in [0, 0.05) is 44.3 Å². The van der Waals surface area contributed by atoms with Crippen molar-refractivity contribution < 1.29 is 9.53 Å². The third kappa shape index (κ3) is 4.67. The maximum atomic E-state index is 13.7. The fourth-order valence-electron chi connectivity index (χ4n) is 4.69. The van der Waals surface area contributed by atoms with Gasteiger partial charge < -0.3 is 9.64 Å². The van der Waals surface area contributed by atoms with Crippen LogP contribution >= 0.6 is 0 Å². The van der Waals surface area contributed by atoms with E-state index >= 15 is 0 Å². The Hall–Kier alpha value is -2.93. The number of aryl methyl sites for hydroxylation is 1. The molecular weight excluding hydrogens is 426 g/mol. The molecule has 0 spiro atoms. The number of hydrogen-bond acceptors (Lipinski definition) is 5. The summed E-state index contributed by atoms with van der Waals surface area (Å²) in [4.78, 5) is 23.1. The minimum absolute atomic E-state index is 0.103. The van der Waals surface area contributed by atoms with Gasteiger partial charge in [-0.1, -0.05) is 18.2 Å². The average Bonchev–Trinajstić information content (AvgIpc) is 3.62. The second-order valence-corrected chi connectivity index (χ2v) is 10.5. The van der Waals surface area contributed by atoms with E-state index in [1.165, 1.54) is 0 Å². The van der Waals surface area contributed by atoms with Crippen LogP contribution in [0.3, 0.4) is 0 Å². The van der Waals surface area contributed by atoms with E-state index in [4.69, 9.17) is 14.8 Å². The van der Waals surface area contributed by atoms with Gasteiger partial charge in [-0.2, -0.15) is 5.10 Å². The Bertz CT molecular complexity index is 1170. The summed E-state index contributed by atoms with van der Waals surface area (Å²) in [5.41, 5.74) is 3.32. The number of para-hydroxylation sites is 1. The first-order valence-electron chi connectivity index (χ1n) is 12.4. The molecule has 0 radical (unpaired) electrons. The van der Waals surface area contributed by atoms with Gasteiger partial charge in [0.05, 0.1) is 22.2 Å². The summed E-state index contributed by atoms with van der Waals surface area (Å²) in [7, 11) is 0. The number of carbonyl (C=O) groups is 1. The first-order chi connectivity index (χ1) is 16.3. The summed E-state index contributed by atoms with van der Waals surface area (Å²) in [6.45, 7) is 13.1. The second kappa shape index (κ2) is 9.02. The van der Waals surface area contributed by atoms with Crippen molar-refractivity contribution in [3.63, 3.8) is 0 Å². The van der Waals surface area contributed by atoms with Crippen LogP contribution in [-0.4, -0.2) is 69.8 Å². The molecule has 1 aromatic carbocycles. The number of aromatic nitrogens is 3. The number of fused-ring (bicyclic) bond motifs is 1. The van der Waals surface area contributed by atoms with Crippen molar-refractivity contribution in [1.29, 1.82) is 0 Å². The van der Waals surface area contributed by atoms with E-state index in [2.05, 4.69) is 25.7 Å². The Labute approximate surface area is 201 Å². The van der Waals surface area contributed by atoms with E-state index in [1.807, 2.05) is 52.9 Å². The maximum Gasteiger partial charge on any atom is 0.254 e. The number of carbonyl (C=O) groups excluding carboxylic acids is 1. The predicted molar refractivity (Wildman–Crippen MR) is 134 cm³/mol. The Balaban J connectivity index is 1.30. The summed E-state index contributed by atoms with van der Waals surface area (Å²) < 4.78 is 7.84. The van der Waals surface area contributed by atoms with E-state index in [9.17, 15) is 4.79 Å². The Morgan fingerprint density at radius 2 is 1.79 bits per heavy atom. The van der Waals surface area contributed by atoms with E-state index in [1.54, 1.807) is 0 Å². The first-order valence-corrected chi connectivity index (χ1v) is 12.4. The molecule has 2 fully saturated rings. The molecule has 34 heavy (non-hydrogen) atoms. The molecule has 2 aromatic heterocycles. The van der Waals surface area contributed by atoms with E-state index in [-0.39, 0.29) is 11.4 Å². The molecule has 3 heterocycles. The molecule has 2 aliphatic rings. The van der Waals surface area contributed by atoms with E-state index < -0.39 is 0 Å². The molecule has 180 valence electrons. The molecule has 1 aliphatic carbocycles. The van der Waals surface area contributed by atoms with Crippen molar-refractivity contribution in [1.82, 2.24) is 24.6 Å². The van der Waals surface area contributed by atoms with Crippen LogP contribution in [0.4, 0.5) is 0 Å². The van der Waals surface area contributed by atoms with Crippen LogP contribution in [0.25, 0.3) is 11.0 Å². The molecule has 0 atom stereocenters. The van der Waals surface area contributed by atoms with E-state index in [0.29, 0.717) is 12.5 Å². The van der Waals surface area contributed by atoms with Crippen LogP contribution in [-0.2, 0) is 5.54 Å². The van der Waals surface area contributed by atoms with Crippen molar-refractivity contribution in [2.75, 3.05) is 39.3 Å². The minimum Gasteiger partial charge on any atom is -0.492 e. The summed E-state index contributed by atoms with van der Waals surface area (Å²) in [6.07, 6.45) is 2.30. The number of ether oxygens (including phenoxy) is 1. The number of nitrogens with zero attached hydrogens (tertiary/aromatic N) is 5. The van der Waals surface area contributed by atoms with Gasteiger partial charge in [0.1, 0.15) is 12.4 Å². The second-order valence-electron chi connectivity index (χ2n) is 10.5. The molecule has 0 unspecified atom stereocenters. The first kappa shape index (κ1) is 22.8. The topological polar surface area (TPSA) is 63.5 Å². The van der Waals surface area contributed by atoms with Crippen LogP contribution in [0, 0.1) is 6.92 Å². The van der Waals surface area contributed by atoms with Crippen molar-refractivity contribution in [3.05, 3.63) is 53.3 Å². The van der Waals surface area contributed by atoms with Crippen LogP contribution in [0.5, 0.6) is 5.75 Å². The van der Waals surface area contributed by atoms with Gasteiger partial charge in [-0.15, -0.1) is 0 Å². The number of piperazine rings is 1. The fraction of sp³-hybridized carbons (Fsp3) is 0.519. The van der Waals surface area contributed by atoms with Gasteiger partial charge in [0.25, 0.3) is 5.91 Å².